The summed E-state index contributed by atoms with van der Waals surface area (Å²) in [7, 11) is 0. The molecule has 0 aliphatic rings. The van der Waals surface area contributed by atoms with Gasteiger partial charge in [0.05, 0.1) is 0 Å². The number of ether oxygens (including phenoxy) is 1. The van der Waals surface area contributed by atoms with E-state index in [0.717, 1.165) is 16.3 Å². The number of amides is 1. The van der Waals surface area contributed by atoms with E-state index in [0.29, 0.717) is 10.6 Å². The van der Waals surface area contributed by atoms with Crippen LogP contribution in [0.15, 0.2) is 53.9 Å². The molecule has 1 N–H and O–H groups in total. The standard InChI is InChI=1S/C19H17NO3S/c1-12-10-11-24-17(12)19(22)23-13(2)18(21)20-16-9-5-7-14-6-3-4-8-15(14)16/h3-11,13H,1-2H3,(H,20,21)/t13-/m0/s1. The van der Waals surface area contributed by atoms with E-state index < -0.39 is 12.1 Å². The maximum Gasteiger partial charge on any atom is 0.349 e. The predicted molar refractivity (Wildman–Crippen MR) is 96.5 cm³/mol. The number of fused-ring (bicyclic) bond motifs is 1. The van der Waals surface area contributed by atoms with Gasteiger partial charge in [0.2, 0.25) is 0 Å². The highest BCUT2D eigenvalue weighted by Crippen LogP contribution is 2.23. The van der Waals surface area contributed by atoms with Gasteiger partial charge in [-0.2, -0.15) is 0 Å². The van der Waals surface area contributed by atoms with E-state index in [1.165, 1.54) is 11.3 Å². The molecule has 0 spiro atoms. The normalized spacial score (nSPS) is 11.9. The van der Waals surface area contributed by atoms with Crippen LogP contribution in [0.4, 0.5) is 5.69 Å². The van der Waals surface area contributed by atoms with Crippen molar-refractivity contribution in [1.29, 1.82) is 0 Å². The molecule has 122 valence electrons. The molecule has 0 unspecified atom stereocenters. The number of esters is 1. The summed E-state index contributed by atoms with van der Waals surface area (Å²) < 4.78 is 5.28. The highest BCUT2D eigenvalue weighted by molar-refractivity contribution is 7.12. The number of hydrogen-bond donors (Lipinski definition) is 1. The number of anilines is 1. The fourth-order valence-corrected chi connectivity index (χ4v) is 3.22. The smallest absolute Gasteiger partial charge is 0.349 e. The van der Waals surface area contributed by atoms with Gasteiger partial charge in [-0.25, -0.2) is 4.79 Å². The quantitative estimate of drug-likeness (QED) is 0.717. The first kappa shape index (κ1) is 16.2. The molecule has 0 bridgehead atoms. The molecule has 0 saturated carbocycles. The molecule has 5 heteroatoms. The minimum atomic E-state index is -0.877. The predicted octanol–water partition coefficient (Wildman–Crippen LogP) is 4.39. The Labute approximate surface area is 144 Å². The summed E-state index contributed by atoms with van der Waals surface area (Å²) in [5.41, 5.74) is 1.56. The lowest BCUT2D eigenvalue weighted by molar-refractivity contribution is -0.123. The fourth-order valence-electron chi connectivity index (χ4n) is 2.42. The summed E-state index contributed by atoms with van der Waals surface area (Å²) in [6.07, 6.45) is -0.877. The Bertz CT molecular complexity index is 895. The molecule has 0 aliphatic heterocycles. The topological polar surface area (TPSA) is 55.4 Å². The van der Waals surface area contributed by atoms with Gasteiger partial charge in [0.1, 0.15) is 4.88 Å². The zero-order chi connectivity index (χ0) is 17.1. The van der Waals surface area contributed by atoms with Crippen molar-refractivity contribution < 1.29 is 14.3 Å². The number of benzene rings is 2. The Kier molecular flexibility index (Phi) is 4.62. The summed E-state index contributed by atoms with van der Waals surface area (Å²) in [5.74, 6) is -0.822. The number of thiophene rings is 1. The van der Waals surface area contributed by atoms with Crippen molar-refractivity contribution in [3.63, 3.8) is 0 Å². The maximum absolute atomic E-state index is 12.4. The minimum Gasteiger partial charge on any atom is -0.448 e. The van der Waals surface area contributed by atoms with Crippen LogP contribution in [0.1, 0.15) is 22.2 Å². The monoisotopic (exact) mass is 339 g/mol. The Morgan fingerprint density at radius 3 is 2.58 bits per heavy atom. The zero-order valence-corrected chi connectivity index (χ0v) is 14.2. The van der Waals surface area contributed by atoms with Crippen LogP contribution >= 0.6 is 11.3 Å². The van der Waals surface area contributed by atoms with E-state index in [9.17, 15) is 9.59 Å². The van der Waals surface area contributed by atoms with Crippen molar-refractivity contribution in [3.05, 3.63) is 64.4 Å². The van der Waals surface area contributed by atoms with E-state index in [4.69, 9.17) is 4.74 Å². The van der Waals surface area contributed by atoms with Crippen molar-refractivity contribution >= 4 is 39.7 Å². The molecule has 1 amide bonds. The molecular formula is C19H17NO3S. The summed E-state index contributed by atoms with van der Waals surface area (Å²) in [6, 6.07) is 15.3. The van der Waals surface area contributed by atoms with Crippen molar-refractivity contribution in [1.82, 2.24) is 0 Å². The SMILES string of the molecule is Cc1ccsc1C(=O)O[C@@H](C)C(=O)Nc1cccc2ccccc12. The van der Waals surface area contributed by atoms with E-state index in [1.54, 1.807) is 6.92 Å². The Balaban J connectivity index is 1.72. The Hall–Kier alpha value is -2.66. The first-order chi connectivity index (χ1) is 11.6. The van der Waals surface area contributed by atoms with E-state index >= 15 is 0 Å². The van der Waals surface area contributed by atoms with Gasteiger partial charge in [-0.1, -0.05) is 36.4 Å². The number of rotatable bonds is 4. The van der Waals surface area contributed by atoms with E-state index in [-0.39, 0.29) is 5.91 Å². The first-order valence-electron chi connectivity index (χ1n) is 7.60. The van der Waals surface area contributed by atoms with Crippen LogP contribution in [0.25, 0.3) is 10.8 Å². The summed E-state index contributed by atoms with van der Waals surface area (Å²) in [4.78, 5) is 25.0. The average molecular weight is 339 g/mol. The largest absolute Gasteiger partial charge is 0.448 e. The van der Waals surface area contributed by atoms with Crippen LogP contribution in [0.5, 0.6) is 0 Å². The van der Waals surface area contributed by atoms with Crippen LogP contribution in [-0.4, -0.2) is 18.0 Å². The highest BCUT2D eigenvalue weighted by Gasteiger charge is 2.21. The molecule has 0 aliphatic carbocycles. The van der Waals surface area contributed by atoms with Crippen molar-refractivity contribution in [2.75, 3.05) is 5.32 Å². The maximum atomic E-state index is 12.4. The lowest BCUT2D eigenvalue weighted by Gasteiger charge is -2.14. The summed E-state index contributed by atoms with van der Waals surface area (Å²) in [6.45, 7) is 3.41. The van der Waals surface area contributed by atoms with Crippen LogP contribution < -0.4 is 5.32 Å². The zero-order valence-electron chi connectivity index (χ0n) is 13.4. The molecule has 2 aromatic carbocycles. The molecule has 3 rings (SSSR count). The van der Waals surface area contributed by atoms with Crippen LogP contribution in [0.2, 0.25) is 0 Å². The van der Waals surface area contributed by atoms with E-state index in [2.05, 4.69) is 5.32 Å². The number of nitrogens with one attached hydrogen (secondary N) is 1. The van der Waals surface area contributed by atoms with Gasteiger partial charge in [-0.3, -0.25) is 4.79 Å². The van der Waals surface area contributed by atoms with Crippen LogP contribution in [0, 0.1) is 6.92 Å². The number of carbonyl (C=O) groups is 2. The molecule has 24 heavy (non-hydrogen) atoms. The molecule has 4 nitrogen and oxygen atoms in total. The Morgan fingerprint density at radius 2 is 1.83 bits per heavy atom. The van der Waals surface area contributed by atoms with Gasteiger partial charge >= 0.3 is 5.97 Å². The van der Waals surface area contributed by atoms with Crippen molar-refractivity contribution in [2.24, 2.45) is 0 Å². The third-order valence-corrected chi connectivity index (χ3v) is 4.74. The first-order valence-corrected chi connectivity index (χ1v) is 8.48. The lowest BCUT2D eigenvalue weighted by Crippen LogP contribution is -2.30. The molecule has 0 fully saturated rings. The Morgan fingerprint density at radius 1 is 1.08 bits per heavy atom. The van der Waals surface area contributed by atoms with Gasteiger partial charge in [0.25, 0.3) is 5.91 Å². The second-order valence-corrected chi connectivity index (χ2v) is 6.41. The van der Waals surface area contributed by atoms with Gasteiger partial charge in [-0.15, -0.1) is 11.3 Å². The van der Waals surface area contributed by atoms with Gasteiger partial charge < -0.3 is 10.1 Å². The lowest BCUT2D eigenvalue weighted by atomic mass is 10.1. The van der Waals surface area contributed by atoms with Gasteiger partial charge in [-0.05, 0) is 42.3 Å². The van der Waals surface area contributed by atoms with Crippen LogP contribution in [0.3, 0.4) is 0 Å². The molecular weight excluding hydrogens is 322 g/mol. The van der Waals surface area contributed by atoms with Gasteiger partial charge in [0.15, 0.2) is 6.10 Å². The number of hydrogen-bond acceptors (Lipinski definition) is 4. The average Bonchev–Trinajstić information content (AvgIpc) is 3.01. The highest BCUT2D eigenvalue weighted by atomic mass is 32.1. The summed E-state index contributed by atoms with van der Waals surface area (Å²) >= 11 is 1.31. The van der Waals surface area contributed by atoms with Crippen LogP contribution in [-0.2, 0) is 9.53 Å². The number of aryl methyl sites for hydroxylation is 1. The second-order valence-electron chi connectivity index (χ2n) is 5.50. The molecule has 0 saturated heterocycles. The molecule has 0 radical (unpaired) electrons. The van der Waals surface area contributed by atoms with Crippen molar-refractivity contribution in [3.8, 4) is 0 Å². The molecule has 1 atom stereocenters. The fraction of sp³-hybridized carbons (Fsp3) is 0.158. The van der Waals surface area contributed by atoms with Gasteiger partial charge in [0, 0.05) is 11.1 Å². The number of carbonyl (C=O) groups excluding carboxylic acids is 2. The molecule has 1 heterocycles. The third-order valence-electron chi connectivity index (χ3n) is 3.75. The summed E-state index contributed by atoms with van der Waals surface area (Å²) in [5, 5.41) is 6.64. The van der Waals surface area contributed by atoms with Crippen molar-refractivity contribution in [2.45, 2.75) is 20.0 Å². The molecule has 3 aromatic rings. The second kappa shape index (κ2) is 6.84. The minimum absolute atomic E-state index is 0.353. The van der Waals surface area contributed by atoms with E-state index in [1.807, 2.05) is 60.8 Å². The third kappa shape index (κ3) is 3.31. The molecule has 1 aromatic heterocycles.